The van der Waals surface area contributed by atoms with E-state index >= 15 is 0 Å². The van der Waals surface area contributed by atoms with Gasteiger partial charge in [0, 0.05) is 31.4 Å². The van der Waals surface area contributed by atoms with Crippen molar-refractivity contribution in [3.05, 3.63) is 73.5 Å². The van der Waals surface area contributed by atoms with Gasteiger partial charge in [-0.25, -0.2) is 4.79 Å². The summed E-state index contributed by atoms with van der Waals surface area (Å²) in [5.74, 6) is -0.159. The number of hydrogen-bond acceptors (Lipinski definition) is 3. The smallest absolute Gasteiger partial charge is 0.330 e. The normalized spacial score (nSPS) is 12.5. The maximum absolute atomic E-state index is 12.3. The largest absolute Gasteiger partial charge is 0.345 e. The zero-order valence-electron chi connectivity index (χ0n) is 15.2. The monoisotopic (exact) mass is 375 g/mol. The van der Waals surface area contributed by atoms with E-state index in [-0.39, 0.29) is 23.4 Å². The molecule has 0 saturated heterocycles. The topological polar surface area (TPSA) is 73.1 Å². The first kappa shape index (κ1) is 19.7. The third-order valence-electron chi connectivity index (χ3n) is 4.08. The first-order valence-corrected chi connectivity index (χ1v) is 8.59. The molecule has 0 bridgehead atoms. The van der Waals surface area contributed by atoms with E-state index in [2.05, 4.69) is 5.32 Å². The molecule has 1 unspecified atom stereocenters. The Morgan fingerprint density at radius 2 is 1.77 bits per heavy atom. The lowest BCUT2D eigenvalue weighted by Crippen LogP contribution is -2.37. The van der Waals surface area contributed by atoms with E-state index in [0.29, 0.717) is 5.02 Å². The van der Waals surface area contributed by atoms with Crippen LogP contribution in [0.3, 0.4) is 0 Å². The molecular formula is C19H22ClN3O3. The third-order valence-corrected chi connectivity index (χ3v) is 4.33. The molecule has 1 aromatic heterocycles. The summed E-state index contributed by atoms with van der Waals surface area (Å²) in [6, 6.07) is 7.12. The van der Waals surface area contributed by atoms with Gasteiger partial charge in [-0.3, -0.25) is 14.2 Å². The first-order chi connectivity index (χ1) is 12.2. The molecule has 0 fully saturated rings. The van der Waals surface area contributed by atoms with Crippen LogP contribution >= 0.6 is 11.6 Å². The Hall–Kier alpha value is -2.60. The summed E-state index contributed by atoms with van der Waals surface area (Å²) < 4.78 is 2.30. The maximum Gasteiger partial charge on any atom is 0.330 e. The highest BCUT2D eigenvalue weighted by molar-refractivity contribution is 6.30. The highest BCUT2D eigenvalue weighted by atomic mass is 35.5. The van der Waals surface area contributed by atoms with Crippen molar-refractivity contribution in [3.63, 3.8) is 0 Å². The predicted molar refractivity (Wildman–Crippen MR) is 103 cm³/mol. The van der Waals surface area contributed by atoms with E-state index < -0.39 is 11.2 Å². The molecule has 0 spiro atoms. The summed E-state index contributed by atoms with van der Waals surface area (Å²) in [6.45, 7) is 4.01. The van der Waals surface area contributed by atoms with Crippen LogP contribution in [0.15, 0.2) is 46.1 Å². The van der Waals surface area contributed by atoms with Crippen molar-refractivity contribution in [1.29, 1.82) is 0 Å². The van der Waals surface area contributed by atoms with E-state index in [0.717, 1.165) is 10.1 Å². The van der Waals surface area contributed by atoms with Crippen molar-refractivity contribution >= 4 is 23.6 Å². The van der Waals surface area contributed by atoms with Gasteiger partial charge in [-0.2, -0.15) is 0 Å². The molecule has 26 heavy (non-hydrogen) atoms. The molecule has 0 aliphatic rings. The van der Waals surface area contributed by atoms with Crippen molar-refractivity contribution in [2.75, 3.05) is 0 Å². The van der Waals surface area contributed by atoms with E-state index in [1.807, 2.05) is 26.0 Å². The van der Waals surface area contributed by atoms with Crippen LogP contribution in [0.2, 0.25) is 5.02 Å². The van der Waals surface area contributed by atoms with Crippen LogP contribution in [0.5, 0.6) is 0 Å². The molecule has 2 rings (SSSR count). The lowest BCUT2D eigenvalue weighted by Gasteiger charge is -2.22. The number of halogens is 1. The van der Waals surface area contributed by atoms with Crippen molar-refractivity contribution in [2.45, 2.75) is 19.9 Å². The molecular weight excluding hydrogens is 354 g/mol. The van der Waals surface area contributed by atoms with Crippen LogP contribution in [0.25, 0.3) is 6.08 Å². The number of benzene rings is 1. The second kappa shape index (κ2) is 8.19. The average Bonchev–Trinajstić information content (AvgIpc) is 2.60. The quantitative estimate of drug-likeness (QED) is 0.815. The SMILES string of the molecule is CC(C)C(NC(=O)/C=C/c1cn(C)c(=O)n(C)c1=O)c1ccc(Cl)cc1. The minimum atomic E-state index is -0.449. The molecule has 1 amide bonds. The second-order valence-corrected chi connectivity index (χ2v) is 6.89. The molecule has 1 N–H and O–H groups in total. The fourth-order valence-corrected chi connectivity index (χ4v) is 2.75. The summed E-state index contributed by atoms with van der Waals surface area (Å²) in [5, 5.41) is 3.57. The Bertz CT molecular complexity index is 940. The maximum atomic E-state index is 12.3. The number of carbonyl (C=O) groups is 1. The number of carbonyl (C=O) groups excluding carboxylic acids is 1. The van der Waals surface area contributed by atoms with Crippen LogP contribution in [0, 0.1) is 5.92 Å². The van der Waals surface area contributed by atoms with Crippen molar-refractivity contribution in [2.24, 2.45) is 20.0 Å². The summed E-state index contributed by atoms with van der Waals surface area (Å²) in [5.41, 5.74) is 0.344. The van der Waals surface area contributed by atoms with Gasteiger partial charge >= 0.3 is 5.69 Å². The molecule has 138 valence electrons. The van der Waals surface area contributed by atoms with Gasteiger partial charge in [0.1, 0.15) is 0 Å². The Morgan fingerprint density at radius 3 is 2.35 bits per heavy atom. The Morgan fingerprint density at radius 1 is 1.15 bits per heavy atom. The van der Waals surface area contributed by atoms with Crippen LogP contribution in [-0.4, -0.2) is 15.0 Å². The molecule has 6 nitrogen and oxygen atoms in total. The van der Waals surface area contributed by atoms with Gasteiger partial charge in [0.25, 0.3) is 5.56 Å². The molecule has 1 aromatic carbocycles. The first-order valence-electron chi connectivity index (χ1n) is 8.21. The molecule has 1 heterocycles. The highest BCUT2D eigenvalue weighted by Crippen LogP contribution is 2.23. The summed E-state index contributed by atoms with van der Waals surface area (Å²) in [6.07, 6.45) is 4.12. The van der Waals surface area contributed by atoms with Gasteiger partial charge in [-0.15, -0.1) is 0 Å². The van der Waals surface area contributed by atoms with Crippen LogP contribution in [-0.2, 0) is 18.9 Å². The third kappa shape index (κ3) is 4.52. The fourth-order valence-electron chi connectivity index (χ4n) is 2.62. The van der Waals surface area contributed by atoms with Gasteiger partial charge in [0.2, 0.25) is 5.91 Å². The molecule has 2 aromatic rings. The Balaban J connectivity index is 2.21. The second-order valence-electron chi connectivity index (χ2n) is 6.46. The molecule has 1 atom stereocenters. The van der Waals surface area contributed by atoms with E-state index in [1.54, 1.807) is 19.2 Å². The zero-order valence-corrected chi connectivity index (χ0v) is 15.9. The van der Waals surface area contributed by atoms with Crippen molar-refractivity contribution in [3.8, 4) is 0 Å². The molecule has 0 saturated carbocycles. The Labute approximate surface area is 156 Å². The van der Waals surface area contributed by atoms with E-state index in [4.69, 9.17) is 11.6 Å². The minimum Gasteiger partial charge on any atom is -0.345 e. The van der Waals surface area contributed by atoms with Crippen LogP contribution in [0.1, 0.15) is 31.0 Å². The predicted octanol–water partition coefficient (Wildman–Crippen LogP) is 2.26. The van der Waals surface area contributed by atoms with Gasteiger partial charge in [-0.05, 0) is 29.7 Å². The van der Waals surface area contributed by atoms with Gasteiger partial charge in [0.05, 0.1) is 11.6 Å². The molecule has 0 aliphatic carbocycles. The number of amides is 1. The summed E-state index contributed by atoms with van der Waals surface area (Å²) in [7, 11) is 2.95. The van der Waals surface area contributed by atoms with Crippen molar-refractivity contribution in [1.82, 2.24) is 14.5 Å². The van der Waals surface area contributed by atoms with Gasteiger partial charge < -0.3 is 9.88 Å². The molecule has 7 heteroatoms. The lowest BCUT2D eigenvalue weighted by atomic mass is 9.96. The van der Waals surface area contributed by atoms with Gasteiger partial charge in [-0.1, -0.05) is 37.6 Å². The van der Waals surface area contributed by atoms with E-state index in [1.165, 1.54) is 30.0 Å². The van der Waals surface area contributed by atoms with Crippen LogP contribution in [0.4, 0.5) is 0 Å². The van der Waals surface area contributed by atoms with E-state index in [9.17, 15) is 14.4 Å². The Kier molecular flexibility index (Phi) is 6.21. The van der Waals surface area contributed by atoms with Crippen molar-refractivity contribution < 1.29 is 4.79 Å². The molecule has 0 aliphatic heterocycles. The zero-order chi connectivity index (χ0) is 19.4. The standard InChI is InChI=1S/C19H22ClN3O3/c1-12(2)17(13-5-8-15(20)9-6-13)21-16(24)10-7-14-11-22(3)19(26)23(4)18(14)25/h5-12,17H,1-4H3,(H,21,24)/b10-7+. The number of nitrogens with zero attached hydrogens (tertiary/aromatic N) is 2. The highest BCUT2D eigenvalue weighted by Gasteiger charge is 2.17. The number of aryl methyl sites for hydroxylation is 1. The van der Waals surface area contributed by atoms with Gasteiger partial charge in [0.15, 0.2) is 0 Å². The fraction of sp³-hybridized carbons (Fsp3) is 0.316. The van der Waals surface area contributed by atoms with Crippen LogP contribution < -0.4 is 16.6 Å². The number of nitrogens with one attached hydrogen (secondary N) is 1. The molecule has 0 radical (unpaired) electrons. The number of rotatable bonds is 5. The number of aromatic nitrogens is 2. The lowest BCUT2D eigenvalue weighted by molar-refractivity contribution is -0.117. The summed E-state index contributed by atoms with van der Waals surface area (Å²) in [4.78, 5) is 36.1. The average molecular weight is 376 g/mol. The number of hydrogen-bond donors (Lipinski definition) is 1. The minimum absolute atomic E-state index is 0.166. The summed E-state index contributed by atoms with van der Waals surface area (Å²) >= 11 is 5.92.